The summed E-state index contributed by atoms with van der Waals surface area (Å²) in [5.74, 6) is -1.31. The zero-order chi connectivity index (χ0) is 14.3. The van der Waals surface area contributed by atoms with Crippen molar-refractivity contribution >= 4 is 11.9 Å². The lowest BCUT2D eigenvalue weighted by molar-refractivity contribution is -0.142. The number of amides is 1. The van der Waals surface area contributed by atoms with Gasteiger partial charge in [0.25, 0.3) is 0 Å². The second-order valence-corrected chi connectivity index (χ2v) is 4.51. The molecule has 0 saturated heterocycles. The third kappa shape index (κ3) is 5.09. The smallest absolute Gasteiger partial charge is 0.330 e. The van der Waals surface area contributed by atoms with Crippen molar-refractivity contribution in [3.63, 3.8) is 0 Å². The molecule has 0 heterocycles. The summed E-state index contributed by atoms with van der Waals surface area (Å²) in [4.78, 5) is 23.0. The van der Waals surface area contributed by atoms with Gasteiger partial charge in [-0.2, -0.15) is 0 Å². The average Bonchev–Trinajstić information content (AvgIpc) is 2.37. The Hall–Kier alpha value is -1.88. The molecule has 0 radical (unpaired) electrons. The van der Waals surface area contributed by atoms with Crippen LogP contribution >= 0.6 is 0 Å². The minimum atomic E-state index is -1.07. The first-order valence-electron chi connectivity index (χ1n) is 6.10. The number of hydrogen-bond donors (Lipinski definition) is 2. The van der Waals surface area contributed by atoms with Crippen LogP contribution in [0.2, 0.25) is 0 Å². The van der Waals surface area contributed by atoms with E-state index in [-0.39, 0.29) is 18.2 Å². The highest BCUT2D eigenvalue weighted by Gasteiger charge is 2.22. The summed E-state index contributed by atoms with van der Waals surface area (Å²) >= 11 is 0. The van der Waals surface area contributed by atoms with Gasteiger partial charge in [0.2, 0.25) is 5.91 Å². The molecule has 0 aliphatic carbocycles. The van der Waals surface area contributed by atoms with E-state index in [1.165, 1.54) is 0 Å². The van der Waals surface area contributed by atoms with Gasteiger partial charge in [-0.25, -0.2) is 4.79 Å². The Kier molecular flexibility index (Phi) is 6.02. The molecule has 1 aromatic rings. The van der Waals surface area contributed by atoms with Crippen LogP contribution in [0.3, 0.4) is 0 Å². The predicted molar refractivity (Wildman–Crippen MR) is 70.6 cm³/mol. The Bertz CT molecular complexity index is 419. The Morgan fingerprint density at radius 2 is 1.95 bits per heavy atom. The number of aliphatic carboxylic acids is 1. The van der Waals surface area contributed by atoms with Gasteiger partial charge in [-0.05, 0) is 11.5 Å². The molecule has 19 heavy (non-hydrogen) atoms. The maximum absolute atomic E-state index is 11.8. The summed E-state index contributed by atoms with van der Waals surface area (Å²) in [6.07, 6.45) is 0.241. The molecule has 1 unspecified atom stereocenters. The molecule has 0 saturated carbocycles. The summed E-state index contributed by atoms with van der Waals surface area (Å²) in [5, 5.41) is 11.7. The van der Waals surface area contributed by atoms with E-state index in [1.807, 2.05) is 6.92 Å². The van der Waals surface area contributed by atoms with E-state index in [1.54, 1.807) is 37.4 Å². The monoisotopic (exact) mass is 265 g/mol. The van der Waals surface area contributed by atoms with E-state index in [4.69, 9.17) is 4.74 Å². The SMILES string of the molecule is COCC(C)CC(=O)N[C@H](C(=O)O)c1ccccc1. The van der Waals surface area contributed by atoms with E-state index in [2.05, 4.69) is 5.32 Å². The first-order chi connectivity index (χ1) is 9.04. The Balaban J connectivity index is 2.65. The molecular weight excluding hydrogens is 246 g/mol. The van der Waals surface area contributed by atoms with E-state index in [0.717, 1.165) is 0 Å². The van der Waals surface area contributed by atoms with Crippen LogP contribution in [0, 0.1) is 5.92 Å². The fourth-order valence-corrected chi connectivity index (χ4v) is 1.81. The number of methoxy groups -OCH3 is 1. The van der Waals surface area contributed by atoms with Crippen molar-refractivity contribution in [2.24, 2.45) is 5.92 Å². The summed E-state index contributed by atoms with van der Waals surface area (Å²) in [6.45, 7) is 2.35. The molecule has 5 heteroatoms. The van der Waals surface area contributed by atoms with Crippen molar-refractivity contribution < 1.29 is 19.4 Å². The van der Waals surface area contributed by atoms with Gasteiger partial charge in [-0.1, -0.05) is 37.3 Å². The third-order valence-corrected chi connectivity index (χ3v) is 2.67. The molecule has 104 valence electrons. The molecule has 2 atom stereocenters. The van der Waals surface area contributed by atoms with Crippen molar-refractivity contribution in [3.8, 4) is 0 Å². The van der Waals surface area contributed by atoms with Crippen LogP contribution in [-0.4, -0.2) is 30.7 Å². The van der Waals surface area contributed by atoms with Crippen molar-refractivity contribution in [1.29, 1.82) is 0 Å². The molecule has 2 N–H and O–H groups in total. The molecule has 0 fully saturated rings. The van der Waals surface area contributed by atoms with Gasteiger partial charge in [-0.3, -0.25) is 4.79 Å². The standard InChI is InChI=1S/C14H19NO4/c1-10(9-19-2)8-12(16)15-13(14(17)18)11-6-4-3-5-7-11/h3-7,10,13H,8-9H2,1-2H3,(H,15,16)(H,17,18)/t10?,13-/m0/s1. The number of carbonyl (C=O) groups excluding carboxylic acids is 1. The van der Waals surface area contributed by atoms with Crippen LogP contribution in [0.4, 0.5) is 0 Å². The van der Waals surface area contributed by atoms with Gasteiger partial charge in [0, 0.05) is 20.1 Å². The summed E-state index contributed by atoms with van der Waals surface area (Å²) in [6, 6.07) is 7.62. The normalized spacial score (nSPS) is 13.6. The summed E-state index contributed by atoms with van der Waals surface area (Å²) < 4.78 is 4.95. The lowest BCUT2D eigenvalue weighted by atomic mass is 10.1. The van der Waals surface area contributed by atoms with Gasteiger partial charge >= 0.3 is 5.97 Å². The number of benzene rings is 1. The number of carbonyl (C=O) groups is 2. The highest BCUT2D eigenvalue weighted by Crippen LogP contribution is 2.13. The average molecular weight is 265 g/mol. The maximum atomic E-state index is 11.8. The summed E-state index contributed by atoms with van der Waals surface area (Å²) in [5.41, 5.74) is 0.558. The van der Waals surface area contributed by atoms with E-state index >= 15 is 0 Å². The minimum absolute atomic E-state index is 0.0511. The second kappa shape index (κ2) is 7.53. The quantitative estimate of drug-likeness (QED) is 0.785. The minimum Gasteiger partial charge on any atom is -0.479 e. The van der Waals surface area contributed by atoms with E-state index in [0.29, 0.717) is 12.2 Å². The maximum Gasteiger partial charge on any atom is 0.330 e. The van der Waals surface area contributed by atoms with Crippen LogP contribution in [0.25, 0.3) is 0 Å². The molecule has 0 aliphatic rings. The molecule has 0 aromatic heterocycles. The van der Waals surface area contributed by atoms with Crippen LogP contribution in [0.1, 0.15) is 24.9 Å². The van der Waals surface area contributed by atoms with E-state index in [9.17, 15) is 14.7 Å². The predicted octanol–water partition coefficient (Wildman–Crippen LogP) is 1.60. The lowest BCUT2D eigenvalue weighted by Gasteiger charge is -2.16. The lowest BCUT2D eigenvalue weighted by Crippen LogP contribution is -2.34. The van der Waals surface area contributed by atoms with Crippen LogP contribution < -0.4 is 5.32 Å². The zero-order valence-electron chi connectivity index (χ0n) is 11.1. The molecule has 1 rings (SSSR count). The number of ether oxygens (including phenoxy) is 1. The Labute approximate surface area is 112 Å². The van der Waals surface area contributed by atoms with Gasteiger partial charge in [0.05, 0.1) is 0 Å². The van der Waals surface area contributed by atoms with Crippen molar-refractivity contribution in [2.45, 2.75) is 19.4 Å². The van der Waals surface area contributed by atoms with E-state index < -0.39 is 12.0 Å². The van der Waals surface area contributed by atoms with Crippen molar-refractivity contribution in [3.05, 3.63) is 35.9 Å². The molecule has 5 nitrogen and oxygen atoms in total. The van der Waals surface area contributed by atoms with Gasteiger partial charge in [0.1, 0.15) is 0 Å². The number of hydrogen-bond acceptors (Lipinski definition) is 3. The van der Waals surface area contributed by atoms with Gasteiger partial charge in [0.15, 0.2) is 6.04 Å². The number of nitrogens with one attached hydrogen (secondary N) is 1. The molecule has 0 aliphatic heterocycles. The Morgan fingerprint density at radius 3 is 2.47 bits per heavy atom. The second-order valence-electron chi connectivity index (χ2n) is 4.51. The van der Waals surface area contributed by atoms with Crippen LogP contribution in [0.15, 0.2) is 30.3 Å². The largest absolute Gasteiger partial charge is 0.479 e. The van der Waals surface area contributed by atoms with Crippen LogP contribution in [0.5, 0.6) is 0 Å². The molecule has 0 bridgehead atoms. The molecule has 1 aromatic carbocycles. The van der Waals surface area contributed by atoms with Gasteiger partial charge in [-0.15, -0.1) is 0 Å². The van der Waals surface area contributed by atoms with Gasteiger partial charge < -0.3 is 15.2 Å². The third-order valence-electron chi connectivity index (χ3n) is 2.67. The fourth-order valence-electron chi connectivity index (χ4n) is 1.81. The zero-order valence-corrected chi connectivity index (χ0v) is 11.1. The first kappa shape index (κ1) is 15.2. The Morgan fingerprint density at radius 1 is 1.32 bits per heavy atom. The molecule has 0 spiro atoms. The first-order valence-corrected chi connectivity index (χ1v) is 6.10. The van der Waals surface area contributed by atoms with Crippen molar-refractivity contribution in [2.75, 3.05) is 13.7 Å². The topological polar surface area (TPSA) is 75.6 Å². The molecular formula is C14H19NO4. The highest BCUT2D eigenvalue weighted by atomic mass is 16.5. The number of rotatable bonds is 7. The molecule has 1 amide bonds. The van der Waals surface area contributed by atoms with Crippen molar-refractivity contribution in [1.82, 2.24) is 5.32 Å². The van der Waals surface area contributed by atoms with Crippen LogP contribution in [-0.2, 0) is 14.3 Å². The fraction of sp³-hybridized carbons (Fsp3) is 0.429. The number of carboxylic acid groups (broad SMARTS) is 1. The summed E-state index contributed by atoms with van der Waals surface area (Å²) in [7, 11) is 1.57. The number of carboxylic acids is 1. The highest BCUT2D eigenvalue weighted by molar-refractivity contribution is 5.84.